The molecule has 0 aromatic heterocycles. The third kappa shape index (κ3) is 21.4. The van der Waals surface area contributed by atoms with Crippen molar-refractivity contribution in [2.45, 2.75) is 134 Å². The molecule has 0 aliphatic carbocycles. The van der Waals surface area contributed by atoms with E-state index in [0.29, 0.717) is 10.9 Å². The zero-order chi connectivity index (χ0) is 26.5. The zero-order valence-electron chi connectivity index (χ0n) is 23.6. The summed E-state index contributed by atoms with van der Waals surface area (Å²) in [5.41, 5.74) is 0. The minimum atomic E-state index is -4.55. The molecule has 0 saturated heterocycles. The highest BCUT2D eigenvalue weighted by Gasteiger charge is 2.48. The highest BCUT2D eigenvalue weighted by molar-refractivity contribution is 7.53. The van der Waals surface area contributed by atoms with Gasteiger partial charge in [-0.1, -0.05) is 95.4 Å². The van der Waals surface area contributed by atoms with Gasteiger partial charge in [-0.2, -0.15) is 0 Å². The van der Waals surface area contributed by atoms with Gasteiger partial charge in [0, 0.05) is 0 Å². The van der Waals surface area contributed by atoms with Crippen molar-refractivity contribution >= 4 is 7.60 Å². The fraction of sp³-hybridized carbons (Fsp3) is 0.862. The molecule has 6 heteroatoms. The number of hydrogen-bond acceptors (Lipinski definition) is 2. The van der Waals surface area contributed by atoms with E-state index in [1.165, 1.54) is 83.5 Å². The molecule has 0 bridgehead atoms. The molecular weight excluding hydrogens is 457 g/mol. The summed E-state index contributed by atoms with van der Waals surface area (Å²) in [5, 5.41) is 8.65. The van der Waals surface area contributed by atoms with Gasteiger partial charge in [0.05, 0.1) is 21.1 Å². The standard InChI is InChI=1S/C29H58NO4P/c1-5-6-7-8-9-10-11-12-13-14-15-16-17-18-19-20-21-22-23-24-25-26-27-29(31,35(32,33)34)28-30(2,3)4/h7-8,18-19,31H,5-6,9-17,20-28H2,1-4H3,(H-,32,33,34)/p+1/b8-7-,19-18-. The molecule has 1 unspecified atom stereocenters. The Balaban J connectivity index is 3.56. The lowest BCUT2D eigenvalue weighted by Gasteiger charge is -2.35. The van der Waals surface area contributed by atoms with Gasteiger partial charge in [0.25, 0.3) is 0 Å². The van der Waals surface area contributed by atoms with Gasteiger partial charge in [-0.3, -0.25) is 4.57 Å². The first-order valence-electron chi connectivity index (χ1n) is 14.4. The first kappa shape index (κ1) is 34.6. The van der Waals surface area contributed by atoms with E-state index < -0.39 is 12.9 Å². The summed E-state index contributed by atoms with van der Waals surface area (Å²) in [4.78, 5) is 19.2. The van der Waals surface area contributed by atoms with E-state index in [1.54, 1.807) is 0 Å². The van der Waals surface area contributed by atoms with Crippen LogP contribution in [0.5, 0.6) is 0 Å². The Labute approximate surface area is 217 Å². The Hall–Kier alpha value is -0.450. The van der Waals surface area contributed by atoms with Crippen LogP contribution in [0.15, 0.2) is 24.3 Å². The van der Waals surface area contributed by atoms with Crippen molar-refractivity contribution in [3.8, 4) is 0 Å². The fourth-order valence-corrected chi connectivity index (χ4v) is 5.56. The fourth-order valence-electron chi connectivity index (χ4n) is 4.50. The average Bonchev–Trinajstić information content (AvgIpc) is 2.75. The first-order valence-corrected chi connectivity index (χ1v) is 16.0. The van der Waals surface area contributed by atoms with Crippen LogP contribution in [-0.4, -0.2) is 52.4 Å². The number of likely N-dealkylation sites (N-methyl/N-ethyl adjacent to an activating group) is 1. The molecule has 0 spiro atoms. The summed E-state index contributed by atoms with van der Waals surface area (Å²) in [6.45, 7) is 2.28. The van der Waals surface area contributed by atoms with Crippen LogP contribution in [0, 0.1) is 0 Å². The molecule has 0 rings (SSSR count). The summed E-state index contributed by atoms with van der Waals surface area (Å²) in [6.07, 6.45) is 31.3. The molecule has 208 valence electrons. The maximum absolute atomic E-state index is 11.8. The maximum atomic E-state index is 11.8. The zero-order valence-corrected chi connectivity index (χ0v) is 24.5. The van der Waals surface area contributed by atoms with Crippen LogP contribution in [0.2, 0.25) is 0 Å². The second-order valence-electron chi connectivity index (χ2n) is 11.4. The molecular formula is C29H59NO4P+. The monoisotopic (exact) mass is 516 g/mol. The largest absolute Gasteiger partial charge is 0.373 e. The van der Waals surface area contributed by atoms with Gasteiger partial charge in [0.1, 0.15) is 6.54 Å². The van der Waals surface area contributed by atoms with Gasteiger partial charge < -0.3 is 19.4 Å². The number of quaternary nitrogens is 1. The van der Waals surface area contributed by atoms with Gasteiger partial charge in [-0.25, -0.2) is 0 Å². The molecule has 0 fully saturated rings. The predicted molar refractivity (Wildman–Crippen MR) is 152 cm³/mol. The maximum Gasteiger partial charge on any atom is 0.362 e. The molecule has 1 atom stereocenters. The van der Waals surface area contributed by atoms with Gasteiger partial charge in [-0.15, -0.1) is 0 Å². The molecule has 0 radical (unpaired) electrons. The topological polar surface area (TPSA) is 77.8 Å². The summed E-state index contributed by atoms with van der Waals surface area (Å²) in [6, 6.07) is 0. The van der Waals surface area contributed by atoms with Crippen LogP contribution in [0.4, 0.5) is 0 Å². The second-order valence-corrected chi connectivity index (χ2v) is 13.3. The van der Waals surface area contributed by atoms with Crippen LogP contribution >= 0.6 is 7.60 Å². The molecule has 0 amide bonds. The molecule has 35 heavy (non-hydrogen) atoms. The molecule has 0 heterocycles. The van der Waals surface area contributed by atoms with E-state index in [1.807, 2.05) is 21.1 Å². The minimum Gasteiger partial charge on any atom is -0.373 e. The van der Waals surface area contributed by atoms with E-state index in [9.17, 15) is 19.5 Å². The van der Waals surface area contributed by atoms with E-state index >= 15 is 0 Å². The predicted octanol–water partition coefficient (Wildman–Crippen LogP) is 8.10. The van der Waals surface area contributed by atoms with Crippen molar-refractivity contribution in [2.75, 3.05) is 27.7 Å². The quantitative estimate of drug-likeness (QED) is 0.0524. The van der Waals surface area contributed by atoms with Crippen molar-refractivity contribution in [2.24, 2.45) is 0 Å². The summed E-state index contributed by atoms with van der Waals surface area (Å²) >= 11 is 0. The van der Waals surface area contributed by atoms with Crippen molar-refractivity contribution in [3.63, 3.8) is 0 Å². The van der Waals surface area contributed by atoms with Gasteiger partial charge >= 0.3 is 7.60 Å². The van der Waals surface area contributed by atoms with Crippen LogP contribution in [0.3, 0.4) is 0 Å². The highest BCUT2D eigenvalue weighted by Crippen LogP contribution is 2.52. The van der Waals surface area contributed by atoms with Gasteiger partial charge in [0.15, 0.2) is 0 Å². The Morgan fingerprint density at radius 2 is 0.971 bits per heavy atom. The third-order valence-corrected chi connectivity index (χ3v) is 7.95. The lowest BCUT2D eigenvalue weighted by Crippen LogP contribution is -2.49. The van der Waals surface area contributed by atoms with E-state index in [4.69, 9.17) is 0 Å². The van der Waals surface area contributed by atoms with Crippen LogP contribution < -0.4 is 0 Å². The molecule has 5 nitrogen and oxygen atoms in total. The highest BCUT2D eigenvalue weighted by atomic mass is 31.2. The Kier molecular flexibility index (Phi) is 20.3. The summed E-state index contributed by atoms with van der Waals surface area (Å²) in [7, 11) is 0.967. The number of allylic oxidation sites excluding steroid dienone is 4. The van der Waals surface area contributed by atoms with Crippen LogP contribution in [-0.2, 0) is 4.57 Å². The Morgan fingerprint density at radius 1 is 0.629 bits per heavy atom. The number of unbranched alkanes of at least 4 members (excludes halogenated alkanes) is 15. The van der Waals surface area contributed by atoms with E-state index in [2.05, 4.69) is 31.2 Å². The normalized spacial score (nSPS) is 14.8. The lowest BCUT2D eigenvalue weighted by atomic mass is 10.0. The molecule has 0 saturated carbocycles. The smallest absolute Gasteiger partial charge is 0.362 e. The molecule has 3 N–H and O–H groups in total. The van der Waals surface area contributed by atoms with Crippen molar-refractivity contribution in [3.05, 3.63) is 24.3 Å². The van der Waals surface area contributed by atoms with Crippen molar-refractivity contribution in [1.82, 2.24) is 0 Å². The lowest BCUT2D eigenvalue weighted by molar-refractivity contribution is -0.875. The molecule has 0 aromatic rings. The third-order valence-electron chi connectivity index (χ3n) is 6.50. The van der Waals surface area contributed by atoms with Crippen LogP contribution in [0.1, 0.15) is 129 Å². The second kappa shape index (κ2) is 20.6. The van der Waals surface area contributed by atoms with E-state index in [0.717, 1.165) is 25.7 Å². The SMILES string of the molecule is CCC/C=C\CCCCCCCCC/C=C\CCCCCCCCC(O)(C[N+](C)(C)C)P(=O)(O)O. The molecule has 0 aromatic carbocycles. The van der Waals surface area contributed by atoms with Crippen LogP contribution in [0.25, 0.3) is 0 Å². The van der Waals surface area contributed by atoms with E-state index in [-0.39, 0.29) is 13.0 Å². The molecule has 0 aliphatic heterocycles. The molecule has 0 aliphatic rings. The Bertz CT molecular complexity index is 594. The van der Waals surface area contributed by atoms with Crippen molar-refractivity contribution < 1.29 is 23.9 Å². The number of hydrogen-bond donors (Lipinski definition) is 3. The first-order chi connectivity index (χ1) is 16.5. The summed E-state index contributed by atoms with van der Waals surface area (Å²) in [5.74, 6) is 0. The average molecular weight is 517 g/mol. The number of nitrogens with zero attached hydrogens (tertiary/aromatic N) is 1. The number of rotatable bonds is 24. The van der Waals surface area contributed by atoms with Gasteiger partial charge in [-0.05, 0) is 57.8 Å². The summed E-state index contributed by atoms with van der Waals surface area (Å²) < 4.78 is 12.1. The van der Waals surface area contributed by atoms with Gasteiger partial charge in [0.2, 0.25) is 5.34 Å². The minimum absolute atomic E-state index is 0.0564. The van der Waals surface area contributed by atoms with Crippen molar-refractivity contribution in [1.29, 1.82) is 0 Å². The Morgan fingerprint density at radius 3 is 1.31 bits per heavy atom. The number of aliphatic hydroxyl groups is 1.